The summed E-state index contributed by atoms with van der Waals surface area (Å²) >= 11 is 12.8. The van der Waals surface area contributed by atoms with E-state index in [1.807, 2.05) is 67.3 Å². The lowest BCUT2D eigenvalue weighted by molar-refractivity contribution is -0.155. The van der Waals surface area contributed by atoms with Crippen molar-refractivity contribution in [2.75, 3.05) is 18.8 Å². The maximum absolute atomic E-state index is 14.8. The first-order valence-corrected chi connectivity index (χ1v) is 16.5. The van der Waals surface area contributed by atoms with E-state index in [0.29, 0.717) is 60.3 Å². The van der Waals surface area contributed by atoms with Crippen molar-refractivity contribution in [3.8, 4) is 0 Å². The van der Waals surface area contributed by atoms with E-state index >= 15 is 0 Å². The van der Waals surface area contributed by atoms with Crippen LogP contribution in [0.4, 0.5) is 0 Å². The SMILES string of the molecule is CCC(CN1CCCS1(O)O)N1C(=O)[C@](C)(Cc2cccc(=O)[nH]2)C[C@H](c2cccc(Cl)c2)[C@H]1c1ccc(Cl)cc1. The minimum Gasteiger partial charge on any atom is -0.330 e. The number of likely N-dealkylation sites (tertiary alicyclic amines) is 1. The summed E-state index contributed by atoms with van der Waals surface area (Å²) in [6.45, 7) is 4.94. The predicted octanol–water partition coefficient (Wildman–Crippen LogP) is 7.14. The van der Waals surface area contributed by atoms with E-state index < -0.39 is 16.2 Å². The Morgan fingerprint density at radius 2 is 1.76 bits per heavy atom. The van der Waals surface area contributed by atoms with E-state index in [4.69, 9.17) is 23.2 Å². The average Bonchev–Trinajstić information content (AvgIpc) is 3.26. The number of pyridine rings is 1. The summed E-state index contributed by atoms with van der Waals surface area (Å²) < 4.78 is 23.3. The van der Waals surface area contributed by atoms with Crippen LogP contribution in [0.2, 0.25) is 10.0 Å². The number of aromatic nitrogens is 1. The van der Waals surface area contributed by atoms with E-state index in [1.54, 1.807) is 10.4 Å². The molecule has 7 nitrogen and oxygen atoms in total. The highest BCUT2D eigenvalue weighted by Gasteiger charge is 2.52. The van der Waals surface area contributed by atoms with Gasteiger partial charge in [0.05, 0.1) is 17.2 Å². The summed E-state index contributed by atoms with van der Waals surface area (Å²) in [6, 6.07) is 19.8. The van der Waals surface area contributed by atoms with Crippen molar-refractivity contribution in [3.63, 3.8) is 0 Å². The molecule has 220 valence electrons. The van der Waals surface area contributed by atoms with Gasteiger partial charge < -0.3 is 9.88 Å². The van der Waals surface area contributed by atoms with Gasteiger partial charge in [-0.25, -0.2) is 4.31 Å². The van der Waals surface area contributed by atoms with Gasteiger partial charge >= 0.3 is 0 Å². The van der Waals surface area contributed by atoms with Crippen LogP contribution < -0.4 is 5.56 Å². The highest BCUT2D eigenvalue weighted by molar-refractivity contribution is 8.22. The number of amides is 1. The number of benzene rings is 2. The van der Waals surface area contributed by atoms with Crippen LogP contribution in [0.1, 0.15) is 61.9 Å². The molecule has 1 aromatic heterocycles. The van der Waals surface area contributed by atoms with Gasteiger partial charge in [0.2, 0.25) is 11.5 Å². The number of carbonyl (C=O) groups excluding carboxylic acids is 1. The number of hydrogen-bond donors (Lipinski definition) is 3. The fraction of sp³-hybridized carbons (Fsp3) is 0.419. The number of halogens is 2. The van der Waals surface area contributed by atoms with Crippen molar-refractivity contribution in [1.29, 1.82) is 0 Å². The van der Waals surface area contributed by atoms with Gasteiger partial charge in [-0.3, -0.25) is 18.7 Å². The van der Waals surface area contributed by atoms with Gasteiger partial charge in [0, 0.05) is 53.3 Å². The number of nitrogens with one attached hydrogen (secondary N) is 1. The van der Waals surface area contributed by atoms with Crippen molar-refractivity contribution in [3.05, 3.63) is 104 Å². The lowest BCUT2D eigenvalue weighted by atomic mass is 9.66. The lowest BCUT2D eigenvalue weighted by Gasteiger charge is -2.53. The molecule has 2 aromatic carbocycles. The Morgan fingerprint density at radius 1 is 1.02 bits per heavy atom. The molecule has 2 aliphatic rings. The molecule has 2 aliphatic heterocycles. The smallest absolute Gasteiger partial charge is 0.248 e. The minimum atomic E-state index is -2.87. The molecule has 3 N–H and O–H groups in total. The Balaban J connectivity index is 1.65. The van der Waals surface area contributed by atoms with Crippen LogP contribution in [0.3, 0.4) is 0 Å². The maximum Gasteiger partial charge on any atom is 0.248 e. The normalized spacial score (nSPS) is 26.2. The second-order valence-electron chi connectivity index (χ2n) is 11.5. The quantitative estimate of drug-likeness (QED) is 0.250. The molecule has 3 heterocycles. The van der Waals surface area contributed by atoms with Gasteiger partial charge in [0.15, 0.2) is 0 Å². The van der Waals surface area contributed by atoms with Gasteiger partial charge in [-0.05, 0) is 60.7 Å². The number of nitrogens with zero attached hydrogens (tertiary/aromatic N) is 2. The van der Waals surface area contributed by atoms with Crippen LogP contribution in [-0.4, -0.2) is 54.1 Å². The van der Waals surface area contributed by atoms with E-state index in [0.717, 1.165) is 11.1 Å². The molecule has 4 atom stereocenters. The zero-order valence-electron chi connectivity index (χ0n) is 23.3. The Kier molecular flexibility index (Phi) is 8.90. The number of H-pyrrole nitrogens is 1. The van der Waals surface area contributed by atoms with Crippen LogP contribution in [0.5, 0.6) is 0 Å². The van der Waals surface area contributed by atoms with Gasteiger partial charge in [0.25, 0.3) is 0 Å². The van der Waals surface area contributed by atoms with Gasteiger partial charge in [0.1, 0.15) is 0 Å². The third kappa shape index (κ3) is 6.38. The fourth-order valence-corrected chi connectivity index (χ4v) is 8.46. The first-order chi connectivity index (χ1) is 19.5. The third-order valence-corrected chi connectivity index (χ3v) is 11.0. The number of piperidine rings is 1. The summed E-state index contributed by atoms with van der Waals surface area (Å²) in [6.07, 6.45) is 2.22. The topological polar surface area (TPSA) is 96.9 Å². The summed E-state index contributed by atoms with van der Waals surface area (Å²) in [5, 5.41) is 1.23. The standard InChI is InChI=1S/C31H37Cl2N3O4S/c1-3-26(20-35-15-6-16-41(35,39)40)36-29(21-11-13-23(32)14-12-21)27(22-7-4-8-24(33)17-22)19-31(2,30(36)38)18-25-9-5-10-28(37)34-25/h4-5,7-14,17,26-27,29,39-40H,3,6,15-16,18-20H2,1-2H3,(H,34,37)/t26?,27-,29-,31-/m1/s1. The summed E-state index contributed by atoms with van der Waals surface area (Å²) in [4.78, 5) is 31.9. The molecular formula is C31H37Cl2N3O4S. The van der Waals surface area contributed by atoms with Crippen LogP contribution in [0.15, 0.2) is 71.5 Å². The molecule has 5 rings (SSSR count). The lowest BCUT2D eigenvalue weighted by Crippen LogP contribution is -2.58. The van der Waals surface area contributed by atoms with Crippen LogP contribution >= 0.6 is 34.0 Å². The molecule has 1 unspecified atom stereocenters. The van der Waals surface area contributed by atoms with E-state index in [2.05, 4.69) is 11.1 Å². The first kappa shape index (κ1) is 30.1. The van der Waals surface area contributed by atoms with Crippen LogP contribution in [-0.2, 0) is 11.2 Å². The van der Waals surface area contributed by atoms with Crippen LogP contribution in [0.25, 0.3) is 0 Å². The first-order valence-electron chi connectivity index (χ1n) is 14.0. The average molecular weight is 619 g/mol. The summed E-state index contributed by atoms with van der Waals surface area (Å²) in [7, 11) is -2.87. The monoisotopic (exact) mass is 617 g/mol. The number of rotatable bonds is 8. The second kappa shape index (κ2) is 12.1. The molecule has 3 aromatic rings. The Bertz CT molecular complexity index is 1450. The molecule has 41 heavy (non-hydrogen) atoms. The maximum atomic E-state index is 14.8. The van der Waals surface area contributed by atoms with Crippen molar-refractivity contribution in [2.24, 2.45) is 5.41 Å². The van der Waals surface area contributed by atoms with Crippen LogP contribution in [0, 0.1) is 5.41 Å². The Labute approximate surface area is 253 Å². The highest BCUT2D eigenvalue weighted by Crippen LogP contribution is 2.53. The van der Waals surface area contributed by atoms with Crippen molar-refractivity contribution < 1.29 is 13.9 Å². The molecule has 10 heteroatoms. The Morgan fingerprint density at radius 3 is 2.39 bits per heavy atom. The molecule has 2 saturated heterocycles. The number of carbonyl (C=O) groups is 1. The van der Waals surface area contributed by atoms with Crippen molar-refractivity contribution in [2.45, 2.75) is 57.5 Å². The van der Waals surface area contributed by atoms with Crippen molar-refractivity contribution in [1.82, 2.24) is 14.2 Å². The number of aromatic amines is 1. The van der Waals surface area contributed by atoms with Crippen molar-refractivity contribution >= 4 is 39.9 Å². The molecule has 0 radical (unpaired) electrons. The zero-order chi connectivity index (χ0) is 29.4. The Hall–Kier alpha value is -2.33. The molecular weight excluding hydrogens is 581 g/mol. The molecule has 1 amide bonds. The summed E-state index contributed by atoms with van der Waals surface area (Å²) in [5.41, 5.74) is 1.62. The predicted molar refractivity (Wildman–Crippen MR) is 167 cm³/mol. The molecule has 0 spiro atoms. The van der Waals surface area contributed by atoms with Gasteiger partial charge in [-0.1, -0.05) is 67.4 Å². The molecule has 0 bridgehead atoms. The minimum absolute atomic E-state index is 0.0250. The second-order valence-corrected chi connectivity index (χ2v) is 14.6. The zero-order valence-corrected chi connectivity index (χ0v) is 25.6. The molecule has 0 aliphatic carbocycles. The largest absolute Gasteiger partial charge is 0.330 e. The fourth-order valence-electron chi connectivity index (χ4n) is 6.53. The summed E-state index contributed by atoms with van der Waals surface area (Å²) in [5.74, 6) is 0.200. The van der Waals surface area contributed by atoms with Gasteiger partial charge in [-0.15, -0.1) is 10.8 Å². The molecule has 2 fully saturated rings. The van der Waals surface area contributed by atoms with E-state index in [1.165, 1.54) is 6.07 Å². The highest BCUT2D eigenvalue weighted by atomic mass is 35.5. The van der Waals surface area contributed by atoms with Gasteiger partial charge in [-0.2, -0.15) is 0 Å². The van der Waals surface area contributed by atoms with E-state index in [-0.39, 0.29) is 29.5 Å². The molecule has 0 saturated carbocycles. The number of hydrogen-bond acceptors (Lipinski definition) is 5. The van der Waals surface area contributed by atoms with E-state index in [9.17, 15) is 18.7 Å². The third-order valence-electron chi connectivity index (χ3n) is 8.52.